The lowest BCUT2D eigenvalue weighted by Crippen LogP contribution is -2.11. The van der Waals surface area contributed by atoms with E-state index in [0.29, 0.717) is 5.56 Å². The van der Waals surface area contributed by atoms with Gasteiger partial charge in [-0.3, -0.25) is 0 Å². The number of carbonyl (C=O) groups is 1. The number of ether oxygens (including phenoxy) is 1. The van der Waals surface area contributed by atoms with Crippen LogP contribution in [0.15, 0.2) is 78.9 Å². The van der Waals surface area contributed by atoms with Crippen LogP contribution < -0.4 is 0 Å². The minimum absolute atomic E-state index is 0.232. The zero-order chi connectivity index (χ0) is 17.6. The Bertz CT molecular complexity index is 821. The summed E-state index contributed by atoms with van der Waals surface area (Å²) in [7, 11) is 0. The van der Waals surface area contributed by atoms with Crippen molar-refractivity contribution >= 4 is 5.97 Å². The molecule has 0 radical (unpaired) electrons. The Labute approximate surface area is 147 Å². The topological polar surface area (TPSA) is 46.5 Å². The number of rotatable bonds is 5. The van der Waals surface area contributed by atoms with Crippen LogP contribution in [-0.2, 0) is 4.74 Å². The first-order valence-electron chi connectivity index (χ1n) is 8.33. The largest absolute Gasteiger partial charge is 0.508 e. The Hall–Kier alpha value is -3.07. The molecule has 0 amide bonds. The lowest BCUT2D eigenvalue weighted by atomic mass is 10.0. The second-order valence-electron chi connectivity index (χ2n) is 5.84. The van der Waals surface area contributed by atoms with Gasteiger partial charge < -0.3 is 9.84 Å². The van der Waals surface area contributed by atoms with E-state index in [-0.39, 0.29) is 17.8 Å². The normalized spacial score (nSPS) is 11.7. The highest BCUT2D eigenvalue weighted by molar-refractivity contribution is 5.90. The van der Waals surface area contributed by atoms with Crippen LogP contribution in [0.2, 0.25) is 0 Å². The summed E-state index contributed by atoms with van der Waals surface area (Å²) in [4.78, 5) is 12.4. The van der Waals surface area contributed by atoms with Gasteiger partial charge in [-0.25, -0.2) is 4.79 Å². The van der Waals surface area contributed by atoms with E-state index in [2.05, 4.69) is 0 Å². The molecule has 0 unspecified atom stereocenters. The Balaban J connectivity index is 1.73. The van der Waals surface area contributed by atoms with Crippen LogP contribution in [0, 0.1) is 0 Å². The summed E-state index contributed by atoms with van der Waals surface area (Å²) in [5.41, 5.74) is 3.48. The molecule has 3 heteroatoms. The highest BCUT2D eigenvalue weighted by atomic mass is 16.5. The first-order valence-corrected chi connectivity index (χ1v) is 8.33. The first-order chi connectivity index (χ1) is 12.2. The maximum atomic E-state index is 12.4. The van der Waals surface area contributed by atoms with Gasteiger partial charge in [-0.15, -0.1) is 0 Å². The Morgan fingerprint density at radius 3 is 2.00 bits per heavy atom. The monoisotopic (exact) mass is 332 g/mol. The molecule has 3 aromatic rings. The van der Waals surface area contributed by atoms with Crippen molar-refractivity contribution < 1.29 is 14.6 Å². The number of aromatic hydroxyl groups is 1. The van der Waals surface area contributed by atoms with Crippen molar-refractivity contribution in [2.75, 3.05) is 0 Å². The molecule has 3 rings (SSSR count). The van der Waals surface area contributed by atoms with Crippen molar-refractivity contribution in [1.82, 2.24) is 0 Å². The van der Waals surface area contributed by atoms with Gasteiger partial charge in [0.15, 0.2) is 0 Å². The number of carbonyl (C=O) groups excluding carboxylic acids is 1. The summed E-state index contributed by atoms with van der Waals surface area (Å²) in [5, 5.41) is 9.36. The molecule has 0 bridgehead atoms. The molecule has 0 aliphatic heterocycles. The number of hydrogen-bond acceptors (Lipinski definition) is 3. The first kappa shape index (κ1) is 16.8. The Kier molecular flexibility index (Phi) is 5.14. The molecule has 0 aromatic heterocycles. The minimum Gasteiger partial charge on any atom is -0.508 e. The third-order valence-electron chi connectivity index (χ3n) is 4.11. The van der Waals surface area contributed by atoms with E-state index >= 15 is 0 Å². The summed E-state index contributed by atoms with van der Waals surface area (Å²) in [6.45, 7) is 2.00. The predicted molar refractivity (Wildman–Crippen MR) is 98.4 cm³/mol. The van der Waals surface area contributed by atoms with Crippen molar-refractivity contribution in [2.24, 2.45) is 0 Å². The molecule has 0 heterocycles. The molecule has 0 fully saturated rings. The Morgan fingerprint density at radius 2 is 1.44 bits per heavy atom. The fourth-order valence-corrected chi connectivity index (χ4v) is 2.70. The minimum atomic E-state index is -0.326. The van der Waals surface area contributed by atoms with Gasteiger partial charge >= 0.3 is 5.97 Å². The van der Waals surface area contributed by atoms with Crippen LogP contribution in [0.25, 0.3) is 11.1 Å². The molecule has 0 saturated heterocycles. The average molecular weight is 332 g/mol. The molecule has 3 aromatic carbocycles. The smallest absolute Gasteiger partial charge is 0.338 e. The SMILES string of the molecule is CC[C@@H](OC(=O)c1ccc(-c2ccc(O)cc2)cc1)c1ccccc1. The fraction of sp³-hybridized carbons (Fsp3) is 0.136. The van der Waals surface area contributed by atoms with Gasteiger partial charge in [0.1, 0.15) is 11.9 Å². The van der Waals surface area contributed by atoms with E-state index in [1.807, 2.05) is 61.5 Å². The van der Waals surface area contributed by atoms with E-state index in [4.69, 9.17) is 4.74 Å². The van der Waals surface area contributed by atoms with Gasteiger partial charge in [0.25, 0.3) is 0 Å². The van der Waals surface area contributed by atoms with Crippen molar-refractivity contribution in [3.63, 3.8) is 0 Å². The van der Waals surface area contributed by atoms with Gasteiger partial charge in [0.2, 0.25) is 0 Å². The predicted octanol–water partition coefficient (Wildman–Crippen LogP) is 5.37. The lowest BCUT2D eigenvalue weighted by Gasteiger charge is -2.16. The van der Waals surface area contributed by atoms with Gasteiger partial charge in [0, 0.05) is 0 Å². The summed E-state index contributed by atoms with van der Waals surface area (Å²) in [5.74, 6) is -0.0940. The quantitative estimate of drug-likeness (QED) is 0.639. The third kappa shape index (κ3) is 4.07. The van der Waals surface area contributed by atoms with E-state index in [1.165, 1.54) is 0 Å². The van der Waals surface area contributed by atoms with Crippen LogP contribution >= 0.6 is 0 Å². The van der Waals surface area contributed by atoms with E-state index in [0.717, 1.165) is 23.1 Å². The molecule has 0 spiro atoms. The van der Waals surface area contributed by atoms with Gasteiger partial charge in [0.05, 0.1) is 5.56 Å². The number of esters is 1. The highest BCUT2D eigenvalue weighted by Gasteiger charge is 2.16. The second-order valence-corrected chi connectivity index (χ2v) is 5.84. The number of phenolic OH excluding ortho intramolecular Hbond substituents is 1. The Morgan fingerprint density at radius 1 is 0.880 bits per heavy atom. The molecule has 3 nitrogen and oxygen atoms in total. The van der Waals surface area contributed by atoms with E-state index in [1.54, 1.807) is 24.3 Å². The number of benzene rings is 3. The summed E-state index contributed by atoms with van der Waals surface area (Å²) >= 11 is 0. The third-order valence-corrected chi connectivity index (χ3v) is 4.11. The van der Waals surface area contributed by atoms with Crippen molar-refractivity contribution in [3.05, 3.63) is 90.0 Å². The van der Waals surface area contributed by atoms with Crippen molar-refractivity contribution in [1.29, 1.82) is 0 Å². The molecule has 0 saturated carbocycles. The number of phenols is 1. The molecular formula is C22H20O3. The molecule has 25 heavy (non-hydrogen) atoms. The van der Waals surface area contributed by atoms with Crippen LogP contribution in [0.4, 0.5) is 0 Å². The van der Waals surface area contributed by atoms with Gasteiger partial charge in [-0.05, 0) is 47.4 Å². The van der Waals surface area contributed by atoms with Crippen LogP contribution in [0.5, 0.6) is 5.75 Å². The van der Waals surface area contributed by atoms with Crippen molar-refractivity contribution in [2.45, 2.75) is 19.4 Å². The maximum Gasteiger partial charge on any atom is 0.338 e. The molecular weight excluding hydrogens is 312 g/mol. The molecule has 1 N–H and O–H groups in total. The zero-order valence-corrected chi connectivity index (χ0v) is 14.1. The average Bonchev–Trinajstić information content (AvgIpc) is 2.67. The summed E-state index contributed by atoms with van der Waals surface area (Å²) < 4.78 is 5.66. The lowest BCUT2D eigenvalue weighted by molar-refractivity contribution is 0.0288. The zero-order valence-electron chi connectivity index (χ0n) is 14.1. The van der Waals surface area contributed by atoms with Crippen molar-refractivity contribution in [3.8, 4) is 16.9 Å². The second kappa shape index (κ2) is 7.67. The maximum absolute atomic E-state index is 12.4. The number of hydrogen-bond donors (Lipinski definition) is 1. The van der Waals surface area contributed by atoms with E-state index < -0.39 is 0 Å². The fourth-order valence-electron chi connectivity index (χ4n) is 2.70. The standard InChI is InChI=1S/C22H20O3/c1-2-21(18-6-4-3-5-7-18)25-22(24)19-10-8-16(9-11-19)17-12-14-20(23)15-13-17/h3-15,21,23H,2H2,1H3/t21-/m1/s1. The highest BCUT2D eigenvalue weighted by Crippen LogP contribution is 2.25. The van der Waals surface area contributed by atoms with E-state index in [9.17, 15) is 9.90 Å². The summed E-state index contributed by atoms with van der Waals surface area (Å²) in [6, 6.07) is 24.0. The van der Waals surface area contributed by atoms with Crippen LogP contribution in [0.1, 0.15) is 35.4 Å². The van der Waals surface area contributed by atoms with Crippen LogP contribution in [-0.4, -0.2) is 11.1 Å². The summed E-state index contributed by atoms with van der Waals surface area (Å²) in [6.07, 6.45) is 0.479. The molecule has 1 atom stereocenters. The molecule has 126 valence electrons. The molecule has 0 aliphatic carbocycles. The molecule has 0 aliphatic rings. The van der Waals surface area contributed by atoms with Crippen LogP contribution in [0.3, 0.4) is 0 Å². The van der Waals surface area contributed by atoms with Gasteiger partial charge in [-0.1, -0.05) is 61.5 Å². The van der Waals surface area contributed by atoms with Gasteiger partial charge in [-0.2, -0.15) is 0 Å².